The van der Waals surface area contributed by atoms with Crippen LogP contribution < -0.4 is 10.5 Å². The van der Waals surface area contributed by atoms with Gasteiger partial charge in [-0.15, -0.1) is 0 Å². The quantitative estimate of drug-likeness (QED) is 0.492. The molecule has 1 aromatic carbocycles. The van der Waals surface area contributed by atoms with Gasteiger partial charge in [-0.05, 0) is 38.5 Å². The van der Waals surface area contributed by atoms with E-state index in [4.69, 9.17) is 9.88 Å². The molecule has 8 nitrogen and oxygen atoms in total. The van der Waals surface area contributed by atoms with Crippen molar-refractivity contribution in [3.8, 4) is 0 Å². The normalized spacial score (nSPS) is 23.3. The number of nitrogens with one attached hydrogen (secondary N) is 1. The second kappa shape index (κ2) is 7.78. The Kier molecular flexibility index (Phi) is 6.25. The highest BCUT2D eigenvalue weighted by atomic mass is 32.2. The van der Waals surface area contributed by atoms with Crippen LogP contribution in [0, 0.1) is 0 Å². The molecule has 1 aromatic rings. The van der Waals surface area contributed by atoms with Gasteiger partial charge in [0, 0.05) is 24.8 Å². The van der Waals surface area contributed by atoms with Crippen molar-refractivity contribution in [1.29, 1.82) is 0 Å². The number of sulfonamides is 1. The number of rotatable bonds is 5. The van der Waals surface area contributed by atoms with Crippen LogP contribution in [0.1, 0.15) is 32.8 Å². The van der Waals surface area contributed by atoms with Gasteiger partial charge in [-0.1, -0.05) is 12.1 Å². The number of nitrogens with two attached hydrogens (primary N) is 1. The largest absolute Gasteiger partial charge is 0.444 e. The topological polar surface area (TPSA) is 119 Å². The van der Waals surface area contributed by atoms with E-state index >= 15 is 0 Å². The summed E-state index contributed by atoms with van der Waals surface area (Å²) in [5.41, 5.74) is -1.20. The van der Waals surface area contributed by atoms with Gasteiger partial charge < -0.3 is 4.74 Å². The Labute approximate surface area is 164 Å². The van der Waals surface area contributed by atoms with Crippen molar-refractivity contribution in [2.45, 2.75) is 55.1 Å². The van der Waals surface area contributed by atoms with E-state index in [1.807, 2.05) is 0 Å². The Morgan fingerprint density at radius 1 is 1.41 bits per heavy atom. The summed E-state index contributed by atoms with van der Waals surface area (Å²) < 4.78 is 28.1. The summed E-state index contributed by atoms with van der Waals surface area (Å²) >= 11 is 4.42. The van der Waals surface area contributed by atoms with Crippen LogP contribution in [0.4, 0.5) is 4.79 Å². The molecular weight excluding hydrogens is 390 g/mol. The molecular formula is C17H25N3O5S2. The van der Waals surface area contributed by atoms with E-state index in [1.165, 1.54) is 17.0 Å². The number of hydrogen-bond acceptors (Lipinski definition) is 7. The van der Waals surface area contributed by atoms with Gasteiger partial charge in [-0.25, -0.2) is 18.4 Å². The Bertz CT molecular complexity index is 805. The number of nitrogens with zero attached hydrogens (tertiary/aromatic N) is 1. The second-order valence-corrected chi connectivity index (χ2v) is 9.83. The number of thiol groups is 1. The maximum atomic E-state index is 12.5. The third-order valence-electron chi connectivity index (χ3n) is 4.08. The molecule has 0 aliphatic carbocycles. The molecule has 0 bridgehead atoms. The molecule has 2 rings (SSSR count). The summed E-state index contributed by atoms with van der Waals surface area (Å²) in [6.45, 7) is 5.77. The molecule has 0 aromatic heterocycles. The van der Waals surface area contributed by atoms with E-state index in [1.54, 1.807) is 32.9 Å². The Balaban J connectivity index is 2.17. The summed E-state index contributed by atoms with van der Waals surface area (Å²) in [6, 6.07) is 5.97. The molecule has 10 heteroatoms. The van der Waals surface area contributed by atoms with Crippen molar-refractivity contribution in [1.82, 2.24) is 10.2 Å². The third kappa shape index (κ3) is 5.44. The van der Waals surface area contributed by atoms with Gasteiger partial charge in [-0.3, -0.25) is 15.0 Å². The molecule has 1 saturated heterocycles. The Morgan fingerprint density at radius 3 is 2.48 bits per heavy atom. The summed E-state index contributed by atoms with van der Waals surface area (Å²) in [6.07, 6.45) is 0.420. The zero-order chi connectivity index (χ0) is 20.5. The zero-order valence-electron chi connectivity index (χ0n) is 15.5. The highest BCUT2D eigenvalue weighted by Gasteiger charge is 2.48. The SMILES string of the molecule is CC(C)(C)OC(=O)N1C[C@@H](S)C[C@]1(C=O)NCc1ccc(S(N)(=O)=O)cc1. The lowest BCUT2D eigenvalue weighted by Gasteiger charge is -2.35. The molecule has 150 valence electrons. The lowest BCUT2D eigenvalue weighted by molar-refractivity contribution is -0.119. The van der Waals surface area contributed by atoms with Crippen molar-refractivity contribution in [2.24, 2.45) is 5.14 Å². The van der Waals surface area contributed by atoms with Crippen LogP contribution in [0.2, 0.25) is 0 Å². The Morgan fingerprint density at radius 2 is 2.00 bits per heavy atom. The van der Waals surface area contributed by atoms with E-state index in [9.17, 15) is 18.0 Å². The first-order chi connectivity index (χ1) is 12.4. The van der Waals surface area contributed by atoms with Crippen LogP contribution >= 0.6 is 12.6 Å². The van der Waals surface area contributed by atoms with Crippen LogP contribution in [0.5, 0.6) is 0 Å². The van der Waals surface area contributed by atoms with Crippen molar-refractivity contribution in [3.63, 3.8) is 0 Å². The number of carbonyl (C=O) groups is 2. The number of ether oxygens (including phenoxy) is 1. The van der Waals surface area contributed by atoms with Gasteiger partial charge in [0.2, 0.25) is 10.0 Å². The fourth-order valence-electron chi connectivity index (χ4n) is 2.84. The minimum atomic E-state index is -3.77. The summed E-state index contributed by atoms with van der Waals surface area (Å²) in [5.74, 6) is 0. The average molecular weight is 416 g/mol. The van der Waals surface area contributed by atoms with E-state index in [2.05, 4.69) is 17.9 Å². The number of likely N-dealkylation sites (tertiary alicyclic amines) is 1. The first kappa shape index (κ1) is 21.7. The van der Waals surface area contributed by atoms with Gasteiger partial charge in [0.05, 0.1) is 4.90 Å². The Hall–Kier alpha value is -1.62. The van der Waals surface area contributed by atoms with E-state index < -0.39 is 27.4 Å². The summed E-state index contributed by atoms with van der Waals surface area (Å²) in [4.78, 5) is 25.8. The summed E-state index contributed by atoms with van der Waals surface area (Å²) in [7, 11) is -3.77. The van der Waals surface area contributed by atoms with Crippen LogP contribution in [0.25, 0.3) is 0 Å². The second-order valence-electron chi connectivity index (χ2n) is 7.53. The van der Waals surface area contributed by atoms with E-state index in [-0.39, 0.29) is 23.2 Å². The van der Waals surface area contributed by atoms with Crippen LogP contribution in [0.3, 0.4) is 0 Å². The minimum Gasteiger partial charge on any atom is -0.444 e. The molecule has 1 aliphatic heterocycles. The molecule has 2 atom stereocenters. The number of carbonyl (C=O) groups excluding carboxylic acids is 2. The highest BCUT2D eigenvalue weighted by Crippen LogP contribution is 2.30. The first-order valence-electron chi connectivity index (χ1n) is 8.38. The molecule has 27 heavy (non-hydrogen) atoms. The predicted molar refractivity (Wildman–Crippen MR) is 104 cm³/mol. The first-order valence-corrected chi connectivity index (χ1v) is 10.4. The number of amides is 1. The molecule has 0 unspecified atom stereocenters. The van der Waals surface area contributed by atoms with E-state index in [0.717, 1.165) is 5.56 Å². The summed E-state index contributed by atoms with van der Waals surface area (Å²) in [5, 5.41) is 8.00. The number of primary sulfonamides is 1. The molecule has 1 fully saturated rings. The number of hydrogen-bond donors (Lipinski definition) is 3. The smallest absolute Gasteiger partial charge is 0.412 e. The zero-order valence-corrected chi connectivity index (χ0v) is 17.2. The fraction of sp³-hybridized carbons (Fsp3) is 0.529. The van der Waals surface area contributed by atoms with Crippen molar-refractivity contribution >= 4 is 35.0 Å². The maximum Gasteiger partial charge on any atom is 0.412 e. The molecule has 3 N–H and O–H groups in total. The predicted octanol–water partition coefficient (Wildman–Crippen LogP) is 1.26. The molecule has 0 spiro atoms. The number of benzene rings is 1. The third-order valence-corrected chi connectivity index (χ3v) is 5.36. The van der Waals surface area contributed by atoms with Gasteiger partial charge >= 0.3 is 6.09 Å². The maximum absolute atomic E-state index is 12.5. The van der Waals surface area contributed by atoms with Crippen molar-refractivity contribution in [2.75, 3.05) is 6.54 Å². The lowest BCUT2D eigenvalue weighted by atomic mass is 10.1. The molecule has 0 radical (unpaired) electrons. The minimum absolute atomic E-state index is 0.00280. The van der Waals surface area contributed by atoms with Gasteiger partial charge in [0.15, 0.2) is 11.9 Å². The average Bonchev–Trinajstić information content (AvgIpc) is 2.88. The van der Waals surface area contributed by atoms with Crippen LogP contribution in [-0.4, -0.2) is 48.8 Å². The van der Waals surface area contributed by atoms with Crippen LogP contribution in [0.15, 0.2) is 29.2 Å². The van der Waals surface area contributed by atoms with Gasteiger partial charge in [0.1, 0.15) is 5.60 Å². The highest BCUT2D eigenvalue weighted by molar-refractivity contribution is 7.89. The van der Waals surface area contributed by atoms with Crippen molar-refractivity contribution < 1.29 is 22.7 Å². The van der Waals surface area contributed by atoms with Crippen molar-refractivity contribution in [3.05, 3.63) is 29.8 Å². The number of aldehydes is 1. The molecule has 1 aliphatic rings. The molecule has 0 saturated carbocycles. The lowest BCUT2D eigenvalue weighted by Crippen LogP contribution is -2.59. The van der Waals surface area contributed by atoms with Gasteiger partial charge in [-0.2, -0.15) is 12.6 Å². The van der Waals surface area contributed by atoms with Gasteiger partial charge in [0.25, 0.3) is 0 Å². The standard InChI is InChI=1S/C17H25N3O5S2/c1-16(2,3)25-15(22)20-10-13(26)8-17(20,11-21)19-9-12-4-6-14(7-5-12)27(18,23)24/h4-7,11,13,19,26H,8-10H2,1-3H3,(H2,18,23,24)/t13-,17-/m0/s1. The molecule has 1 amide bonds. The fourth-order valence-corrected chi connectivity index (χ4v) is 3.79. The monoisotopic (exact) mass is 415 g/mol. The van der Waals surface area contributed by atoms with E-state index in [0.29, 0.717) is 12.7 Å². The molecule has 1 heterocycles. The van der Waals surface area contributed by atoms with Crippen LogP contribution in [-0.2, 0) is 26.1 Å².